The minimum absolute atomic E-state index is 0.372. The summed E-state index contributed by atoms with van der Waals surface area (Å²) < 4.78 is 18.5. The average molecular weight is 308 g/mol. The zero-order chi connectivity index (χ0) is 15.4. The van der Waals surface area contributed by atoms with E-state index in [-0.39, 0.29) is 5.82 Å². The Kier molecular flexibility index (Phi) is 4.81. The Morgan fingerprint density at radius 2 is 1.90 bits per heavy atom. The molecular formula is C16H15ClFNO2. The summed E-state index contributed by atoms with van der Waals surface area (Å²) in [4.78, 5) is 12.1. The monoisotopic (exact) mass is 307 g/mol. The van der Waals surface area contributed by atoms with Gasteiger partial charge in [-0.05, 0) is 42.3 Å². The van der Waals surface area contributed by atoms with E-state index < -0.39 is 11.3 Å². The van der Waals surface area contributed by atoms with E-state index in [4.69, 9.17) is 16.3 Å². The number of carbonyl (C=O) groups is 1. The predicted octanol–water partition coefficient (Wildman–Crippen LogP) is 4.06. The van der Waals surface area contributed by atoms with Crippen molar-refractivity contribution in [3.8, 4) is 5.75 Å². The lowest BCUT2D eigenvalue weighted by Crippen LogP contribution is -2.17. The first-order valence-corrected chi connectivity index (χ1v) is 6.80. The van der Waals surface area contributed by atoms with Crippen molar-refractivity contribution in [2.45, 2.75) is 12.3 Å². The zero-order valence-corrected chi connectivity index (χ0v) is 12.4. The molecule has 0 radical (unpaired) electrons. The van der Waals surface area contributed by atoms with E-state index in [1.165, 1.54) is 6.07 Å². The molecule has 0 spiro atoms. The average Bonchev–Trinajstić information content (AvgIpc) is 2.50. The fourth-order valence-electron chi connectivity index (χ4n) is 1.80. The van der Waals surface area contributed by atoms with Crippen LogP contribution in [0, 0.1) is 12.7 Å². The first-order chi connectivity index (χ1) is 10.0. The van der Waals surface area contributed by atoms with Gasteiger partial charge in [0, 0.05) is 5.69 Å². The molecule has 0 saturated carbocycles. The minimum Gasteiger partial charge on any atom is -0.497 e. The van der Waals surface area contributed by atoms with Crippen LogP contribution in [0.5, 0.6) is 5.75 Å². The van der Waals surface area contributed by atoms with Gasteiger partial charge in [0.2, 0.25) is 5.91 Å². The molecule has 1 N–H and O–H groups in total. The molecule has 1 atom stereocenters. The standard InChI is InChI=1S/C16H15ClFNO2/c1-10-3-6-12(9-14(10)18)19-16(20)15(17)11-4-7-13(21-2)8-5-11/h3-9,15H,1-2H3,(H,19,20). The van der Waals surface area contributed by atoms with Crippen LogP contribution in [0.3, 0.4) is 0 Å². The largest absolute Gasteiger partial charge is 0.497 e. The van der Waals surface area contributed by atoms with E-state index in [0.29, 0.717) is 22.6 Å². The number of hydrogen-bond acceptors (Lipinski definition) is 2. The Labute approximate surface area is 127 Å². The Bertz CT molecular complexity index is 643. The van der Waals surface area contributed by atoms with Gasteiger partial charge in [-0.3, -0.25) is 4.79 Å². The maximum absolute atomic E-state index is 13.4. The number of ether oxygens (including phenoxy) is 1. The highest BCUT2D eigenvalue weighted by atomic mass is 35.5. The summed E-state index contributed by atoms with van der Waals surface area (Å²) in [5, 5.41) is 1.73. The summed E-state index contributed by atoms with van der Waals surface area (Å²) in [5.74, 6) is -0.0999. The van der Waals surface area contributed by atoms with E-state index in [2.05, 4.69) is 5.32 Å². The predicted molar refractivity (Wildman–Crippen MR) is 81.4 cm³/mol. The van der Waals surface area contributed by atoms with E-state index in [9.17, 15) is 9.18 Å². The first-order valence-electron chi connectivity index (χ1n) is 6.36. The van der Waals surface area contributed by atoms with Crippen LogP contribution in [-0.4, -0.2) is 13.0 Å². The van der Waals surface area contributed by atoms with Gasteiger partial charge in [0.1, 0.15) is 16.9 Å². The maximum atomic E-state index is 13.4. The van der Waals surface area contributed by atoms with Gasteiger partial charge in [0.15, 0.2) is 0 Å². The van der Waals surface area contributed by atoms with Crippen molar-refractivity contribution < 1.29 is 13.9 Å². The molecule has 5 heteroatoms. The number of nitrogens with one attached hydrogen (secondary N) is 1. The van der Waals surface area contributed by atoms with Crippen LogP contribution < -0.4 is 10.1 Å². The fraction of sp³-hybridized carbons (Fsp3) is 0.188. The van der Waals surface area contributed by atoms with Crippen LogP contribution >= 0.6 is 11.6 Å². The van der Waals surface area contributed by atoms with Crippen molar-refractivity contribution in [1.29, 1.82) is 0 Å². The van der Waals surface area contributed by atoms with Crippen LogP contribution in [0.25, 0.3) is 0 Å². The van der Waals surface area contributed by atoms with E-state index in [1.807, 2.05) is 0 Å². The minimum atomic E-state index is -0.861. The number of aryl methyl sites for hydroxylation is 1. The van der Waals surface area contributed by atoms with Gasteiger partial charge < -0.3 is 10.1 Å². The number of amides is 1. The Morgan fingerprint density at radius 3 is 2.48 bits per heavy atom. The van der Waals surface area contributed by atoms with Crippen molar-refractivity contribution in [2.75, 3.05) is 12.4 Å². The first kappa shape index (κ1) is 15.3. The zero-order valence-electron chi connectivity index (χ0n) is 11.7. The summed E-state index contributed by atoms with van der Waals surface area (Å²) in [6, 6.07) is 11.4. The number of methoxy groups -OCH3 is 1. The third-order valence-corrected chi connectivity index (χ3v) is 3.53. The molecule has 0 saturated heterocycles. The molecule has 0 aliphatic carbocycles. The van der Waals surface area contributed by atoms with Crippen molar-refractivity contribution in [2.24, 2.45) is 0 Å². The van der Waals surface area contributed by atoms with Crippen molar-refractivity contribution in [3.05, 3.63) is 59.4 Å². The summed E-state index contributed by atoms with van der Waals surface area (Å²) in [5.41, 5.74) is 1.54. The van der Waals surface area contributed by atoms with Gasteiger partial charge in [0.25, 0.3) is 0 Å². The number of halogens is 2. The van der Waals surface area contributed by atoms with Crippen LogP contribution in [0.4, 0.5) is 10.1 Å². The van der Waals surface area contributed by atoms with Gasteiger partial charge in [-0.2, -0.15) is 0 Å². The molecule has 1 amide bonds. The summed E-state index contributed by atoms with van der Waals surface area (Å²) in [6.07, 6.45) is 0. The van der Waals surface area contributed by atoms with Crippen LogP contribution in [0.2, 0.25) is 0 Å². The van der Waals surface area contributed by atoms with Crippen molar-refractivity contribution in [3.63, 3.8) is 0 Å². The van der Waals surface area contributed by atoms with Gasteiger partial charge in [-0.1, -0.05) is 18.2 Å². The number of anilines is 1. The number of alkyl halides is 1. The molecule has 2 aromatic carbocycles. The quantitative estimate of drug-likeness (QED) is 0.865. The highest BCUT2D eigenvalue weighted by Gasteiger charge is 2.18. The maximum Gasteiger partial charge on any atom is 0.246 e. The second-order valence-corrected chi connectivity index (χ2v) is 5.03. The third-order valence-electron chi connectivity index (χ3n) is 3.08. The molecule has 0 aliphatic heterocycles. The molecule has 2 aromatic rings. The Hall–Kier alpha value is -2.07. The molecule has 3 nitrogen and oxygen atoms in total. The van der Waals surface area contributed by atoms with Crippen LogP contribution in [0.1, 0.15) is 16.5 Å². The second kappa shape index (κ2) is 6.59. The molecule has 0 fully saturated rings. The SMILES string of the molecule is COc1ccc(C(Cl)C(=O)Nc2ccc(C)c(F)c2)cc1. The normalized spacial score (nSPS) is 11.8. The third kappa shape index (κ3) is 3.73. The van der Waals surface area contributed by atoms with E-state index >= 15 is 0 Å². The fourth-order valence-corrected chi connectivity index (χ4v) is 2.00. The molecule has 21 heavy (non-hydrogen) atoms. The molecule has 0 bridgehead atoms. The lowest BCUT2D eigenvalue weighted by Gasteiger charge is -2.12. The van der Waals surface area contributed by atoms with E-state index in [0.717, 1.165) is 0 Å². The van der Waals surface area contributed by atoms with E-state index in [1.54, 1.807) is 50.4 Å². The highest BCUT2D eigenvalue weighted by molar-refractivity contribution is 6.32. The van der Waals surface area contributed by atoms with Crippen LogP contribution in [0.15, 0.2) is 42.5 Å². The van der Waals surface area contributed by atoms with Gasteiger partial charge >= 0.3 is 0 Å². The molecule has 1 unspecified atom stereocenters. The lowest BCUT2D eigenvalue weighted by atomic mass is 10.1. The van der Waals surface area contributed by atoms with Crippen molar-refractivity contribution in [1.82, 2.24) is 0 Å². The topological polar surface area (TPSA) is 38.3 Å². The molecular weight excluding hydrogens is 293 g/mol. The molecule has 0 heterocycles. The lowest BCUT2D eigenvalue weighted by molar-refractivity contribution is -0.116. The summed E-state index contributed by atoms with van der Waals surface area (Å²) in [6.45, 7) is 1.66. The summed E-state index contributed by atoms with van der Waals surface area (Å²) in [7, 11) is 1.56. The molecule has 0 aliphatic rings. The second-order valence-electron chi connectivity index (χ2n) is 4.59. The number of benzene rings is 2. The summed E-state index contributed by atoms with van der Waals surface area (Å²) >= 11 is 6.13. The van der Waals surface area contributed by atoms with Gasteiger partial charge in [-0.15, -0.1) is 11.6 Å². The number of carbonyl (C=O) groups excluding carboxylic acids is 1. The van der Waals surface area contributed by atoms with Crippen molar-refractivity contribution >= 4 is 23.2 Å². The smallest absolute Gasteiger partial charge is 0.246 e. The Balaban J connectivity index is 2.09. The number of hydrogen-bond donors (Lipinski definition) is 1. The molecule has 0 aromatic heterocycles. The molecule has 110 valence electrons. The Morgan fingerprint density at radius 1 is 1.24 bits per heavy atom. The van der Waals surface area contributed by atoms with Crippen LogP contribution in [-0.2, 0) is 4.79 Å². The van der Waals surface area contributed by atoms with Gasteiger partial charge in [-0.25, -0.2) is 4.39 Å². The number of rotatable bonds is 4. The highest BCUT2D eigenvalue weighted by Crippen LogP contribution is 2.25. The van der Waals surface area contributed by atoms with Gasteiger partial charge in [0.05, 0.1) is 7.11 Å². The molecule has 2 rings (SSSR count).